The molecule has 0 N–H and O–H groups in total. The van der Waals surface area contributed by atoms with Crippen molar-refractivity contribution in [1.29, 1.82) is 0 Å². The van der Waals surface area contributed by atoms with Crippen LogP contribution in [0, 0.1) is 0 Å². The number of pyridine rings is 4. The number of aromatic nitrogens is 8. The lowest BCUT2D eigenvalue weighted by molar-refractivity contribution is 0.619. The van der Waals surface area contributed by atoms with E-state index in [1.807, 2.05) is 78.9 Å². The van der Waals surface area contributed by atoms with Crippen molar-refractivity contribution in [2.45, 2.75) is 0 Å². The Morgan fingerprint density at radius 3 is 1.58 bits per heavy atom. The largest absolute Gasteiger partial charge is 0.456 e. The van der Waals surface area contributed by atoms with E-state index >= 15 is 0 Å². The number of hydrogen-bond donors (Lipinski definition) is 0. The van der Waals surface area contributed by atoms with Gasteiger partial charge in [-0.15, -0.1) is 0 Å². The quantitative estimate of drug-likeness (QED) is 0.160. The third-order valence-electron chi connectivity index (χ3n) is 11.8. The third-order valence-corrected chi connectivity index (χ3v) is 11.8. The number of furan rings is 1. The van der Waals surface area contributed by atoms with Crippen molar-refractivity contribution in [1.82, 2.24) is 39.9 Å². The van der Waals surface area contributed by atoms with Crippen LogP contribution in [0.5, 0.6) is 0 Å². The van der Waals surface area contributed by atoms with Crippen molar-refractivity contribution in [2.24, 2.45) is 0 Å². The van der Waals surface area contributed by atoms with Gasteiger partial charge in [0, 0.05) is 52.4 Å². The molecule has 0 saturated carbocycles. The summed E-state index contributed by atoms with van der Waals surface area (Å²) in [5.41, 5.74) is 13.7. The Labute approximate surface area is 363 Å². The van der Waals surface area contributed by atoms with E-state index in [0.29, 0.717) is 23.4 Å². The van der Waals surface area contributed by atoms with E-state index in [0.717, 1.165) is 110 Å². The molecule has 0 unspecified atom stereocenters. The number of oxazole rings is 1. The molecule has 0 aliphatic rings. The number of hydrogen-bond acceptors (Lipinski definition) is 10. The van der Waals surface area contributed by atoms with E-state index in [4.69, 9.17) is 28.8 Å². The van der Waals surface area contributed by atoms with Gasteiger partial charge < -0.3 is 8.83 Å². The second-order valence-electron chi connectivity index (χ2n) is 15.6. The average Bonchev–Trinajstić information content (AvgIpc) is 3.98. The van der Waals surface area contributed by atoms with Crippen LogP contribution in [0.2, 0.25) is 0 Å². The molecule has 0 radical (unpaired) electrons. The fourth-order valence-electron chi connectivity index (χ4n) is 8.64. The van der Waals surface area contributed by atoms with Crippen LogP contribution in [-0.2, 0) is 0 Å². The lowest BCUT2D eigenvalue weighted by Gasteiger charge is -2.13. The standard InChI is InChI=1S/C54H30N8O2/c1-2-8-33(9-3-1)54-59-50-47(64-54)23-22-46-49(50)41-19-18-34(28-48(41)63-46)38-21-20-37(39-10-4-5-11-40(38)39)31-14-16-32(17-15-31)51-60-52(35-26-44-42(57-29-35)12-6-24-55-44)62-53(61-51)36-27-45-43(58-30-36)13-7-25-56-45/h1-30H. The van der Waals surface area contributed by atoms with Gasteiger partial charge in [-0.2, -0.15) is 0 Å². The Kier molecular flexibility index (Phi) is 7.97. The lowest BCUT2D eigenvalue weighted by atomic mass is 9.91. The molecule has 64 heavy (non-hydrogen) atoms. The molecule has 0 spiro atoms. The van der Waals surface area contributed by atoms with Crippen molar-refractivity contribution in [2.75, 3.05) is 0 Å². The van der Waals surface area contributed by atoms with Crippen molar-refractivity contribution >= 4 is 65.9 Å². The fraction of sp³-hybridized carbons (Fsp3) is 0. The molecule has 13 rings (SSSR count). The zero-order chi connectivity index (χ0) is 42.1. The van der Waals surface area contributed by atoms with Crippen molar-refractivity contribution in [3.63, 3.8) is 0 Å². The van der Waals surface area contributed by atoms with Crippen LogP contribution in [0.15, 0.2) is 191 Å². The minimum absolute atomic E-state index is 0.483. The first-order valence-corrected chi connectivity index (χ1v) is 20.8. The lowest BCUT2D eigenvalue weighted by Crippen LogP contribution is -2.01. The van der Waals surface area contributed by atoms with Crippen LogP contribution >= 0.6 is 0 Å². The summed E-state index contributed by atoms with van der Waals surface area (Å²) in [6.45, 7) is 0. The smallest absolute Gasteiger partial charge is 0.227 e. The van der Waals surface area contributed by atoms with E-state index in [1.54, 1.807) is 24.8 Å². The molecule has 0 saturated heterocycles. The van der Waals surface area contributed by atoms with E-state index < -0.39 is 0 Å². The molecule has 0 aliphatic heterocycles. The zero-order valence-electron chi connectivity index (χ0n) is 33.7. The summed E-state index contributed by atoms with van der Waals surface area (Å²) >= 11 is 0. The molecular weight excluding hydrogens is 793 g/mol. The van der Waals surface area contributed by atoms with Gasteiger partial charge in [-0.1, -0.05) is 84.9 Å². The summed E-state index contributed by atoms with van der Waals surface area (Å²) in [6, 6.07) is 53.1. The summed E-state index contributed by atoms with van der Waals surface area (Å²) in [7, 11) is 0. The highest BCUT2D eigenvalue weighted by molar-refractivity contribution is 6.17. The molecule has 6 aromatic carbocycles. The molecule has 298 valence electrons. The van der Waals surface area contributed by atoms with E-state index in [9.17, 15) is 0 Å². The van der Waals surface area contributed by atoms with Gasteiger partial charge in [0.15, 0.2) is 23.1 Å². The predicted molar refractivity (Wildman–Crippen MR) is 251 cm³/mol. The first kappa shape index (κ1) is 35.7. The Morgan fingerprint density at radius 1 is 0.328 bits per heavy atom. The van der Waals surface area contributed by atoms with Crippen molar-refractivity contribution in [3.05, 3.63) is 183 Å². The van der Waals surface area contributed by atoms with Gasteiger partial charge >= 0.3 is 0 Å². The van der Waals surface area contributed by atoms with Crippen LogP contribution in [0.1, 0.15) is 0 Å². The number of benzene rings is 6. The second kappa shape index (κ2) is 14.3. The van der Waals surface area contributed by atoms with Gasteiger partial charge in [0.05, 0.1) is 27.5 Å². The van der Waals surface area contributed by atoms with Crippen molar-refractivity contribution < 1.29 is 8.83 Å². The maximum atomic E-state index is 6.48. The highest BCUT2D eigenvalue weighted by Gasteiger charge is 2.19. The second-order valence-corrected chi connectivity index (χ2v) is 15.6. The molecule has 0 atom stereocenters. The molecule has 10 nitrogen and oxygen atoms in total. The Hall–Kier alpha value is -9.02. The third kappa shape index (κ3) is 5.96. The highest BCUT2D eigenvalue weighted by Crippen LogP contribution is 2.41. The van der Waals surface area contributed by atoms with Crippen LogP contribution in [0.25, 0.3) is 134 Å². The van der Waals surface area contributed by atoms with Gasteiger partial charge in [-0.3, -0.25) is 19.9 Å². The Morgan fingerprint density at radius 2 is 0.906 bits per heavy atom. The summed E-state index contributed by atoms with van der Waals surface area (Å²) in [4.78, 5) is 38.2. The summed E-state index contributed by atoms with van der Waals surface area (Å²) in [5.74, 6) is 2.08. The van der Waals surface area contributed by atoms with Gasteiger partial charge in [-0.25, -0.2) is 19.9 Å². The fourth-order valence-corrected chi connectivity index (χ4v) is 8.64. The van der Waals surface area contributed by atoms with Gasteiger partial charge in [-0.05, 0) is 106 Å². The molecule has 0 bridgehead atoms. The molecule has 0 amide bonds. The molecule has 10 heteroatoms. The van der Waals surface area contributed by atoms with Gasteiger partial charge in [0.2, 0.25) is 5.89 Å². The number of fused-ring (bicyclic) bond motifs is 8. The molecule has 13 aromatic rings. The zero-order valence-corrected chi connectivity index (χ0v) is 33.7. The summed E-state index contributed by atoms with van der Waals surface area (Å²) in [5, 5.41) is 4.21. The minimum atomic E-state index is 0.483. The van der Waals surface area contributed by atoms with E-state index in [1.165, 1.54) is 0 Å². The number of nitrogens with zero attached hydrogens (tertiary/aromatic N) is 8. The monoisotopic (exact) mass is 822 g/mol. The molecule has 0 aliphatic carbocycles. The topological polar surface area (TPSA) is 129 Å². The highest BCUT2D eigenvalue weighted by atomic mass is 16.4. The normalized spacial score (nSPS) is 11.8. The first-order valence-electron chi connectivity index (χ1n) is 20.8. The van der Waals surface area contributed by atoms with Crippen LogP contribution < -0.4 is 0 Å². The first-order chi connectivity index (χ1) is 31.7. The molecule has 0 fully saturated rings. The van der Waals surface area contributed by atoms with Crippen LogP contribution in [0.4, 0.5) is 0 Å². The average molecular weight is 823 g/mol. The Balaban J connectivity index is 0.873. The van der Waals surface area contributed by atoms with Crippen LogP contribution in [-0.4, -0.2) is 39.9 Å². The molecule has 7 aromatic heterocycles. The SMILES string of the molecule is c1ccc(-c2nc3c(ccc4oc5cc(-c6ccc(-c7ccc(-c8nc(-c9cnc%10cccnc%10c9)nc(-c9cnc%10cccnc%10c9)n8)cc7)c7ccccc67)ccc5c43)o2)cc1. The van der Waals surface area contributed by atoms with Crippen molar-refractivity contribution in [3.8, 4) is 67.9 Å². The van der Waals surface area contributed by atoms with Gasteiger partial charge in [0.1, 0.15) is 16.7 Å². The maximum absolute atomic E-state index is 6.48. The van der Waals surface area contributed by atoms with Gasteiger partial charge in [0.25, 0.3) is 0 Å². The predicted octanol–water partition coefficient (Wildman–Crippen LogP) is 13.0. The Bertz CT molecular complexity index is 3880. The minimum Gasteiger partial charge on any atom is -0.456 e. The van der Waals surface area contributed by atoms with E-state index in [2.05, 4.69) is 98.8 Å². The van der Waals surface area contributed by atoms with E-state index in [-0.39, 0.29) is 0 Å². The summed E-state index contributed by atoms with van der Waals surface area (Å²) in [6.07, 6.45) is 7.06. The molecular formula is C54H30N8O2. The maximum Gasteiger partial charge on any atom is 0.227 e. The molecule has 7 heterocycles. The summed E-state index contributed by atoms with van der Waals surface area (Å²) < 4.78 is 12.7. The number of rotatable bonds is 6. The van der Waals surface area contributed by atoms with Crippen LogP contribution in [0.3, 0.4) is 0 Å².